The zero-order chi connectivity index (χ0) is 9.80. The molecule has 0 aliphatic heterocycles. The van der Waals surface area contributed by atoms with E-state index >= 15 is 0 Å². The number of para-hydroxylation sites is 1. The highest BCUT2D eigenvalue weighted by Gasteiger charge is 2.03. The number of benzene rings is 1. The Labute approximate surface area is 83.5 Å². The van der Waals surface area contributed by atoms with Gasteiger partial charge in [0.05, 0.1) is 19.5 Å². The summed E-state index contributed by atoms with van der Waals surface area (Å²) in [7, 11) is 0. The molecular weight excluding hydrogens is 176 g/mol. The topological polar surface area (TPSA) is 22.4 Å². The van der Waals surface area contributed by atoms with Crippen LogP contribution in [0, 0.1) is 6.61 Å². The van der Waals surface area contributed by atoms with E-state index in [-0.39, 0.29) is 0 Å². The van der Waals surface area contributed by atoms with Crippen molar-refractivity contribution >= 4 is 11.0 Å². The number of hydrogen-bond acceptors (Lipinski definition) is 2. The van der Waals surface area contributed by atoms with Gasteiger partial charge in [0.2, 0.25) is 0 Å². The Morgan fingerprint density at radius 2 is 2.21 bits per heavy atom. The molecular formula is C12H13O2. The molecule has 2 heteroatoms. The van der Waals surface area contributed by atoms with Gasteiger partial charge in [0, 0.05) is 10.9 Å². The average Bonchev–Trinajstić information content (AvgIpc) is 2.63. The largest absolute Gasteiger partial charge is 0.464 e. The summed E-state index contributed by atoms with van der Waals surface area (Å²) in [5.41, 5.74) is 2.16. The minimum absolute atomic E-state index is 0.708. The van der Waals surface area contributed by atoms with Crippen LogP contribution in [0.25, 0.3) is 11.0 Å². The molecule has 0 spiro atoms. The maximum Gasteiger partial charge on any atom is 0.134 e. The van der Waals surface area contributed by atoms with Crippen LogP contribution in [0.5, 0.6) is 0 Å². The average molecular weight is 189 g/mol. The molecule has 0 saturated heterocycles. The Balaban J connectivity index is 2.17. The zero-order valence-corrected chi connectivity index (χ0v) is 8.19. The molecule has 2 nitrogen and oxygen atoms in total. The Kier molecular flexibility index (Phi) is 2.84. The highest BCUT2D eigenvalue weighted by atomic mass is 16.5. The molecule has 0 N–H and O–H groups in total. The lowest BCUT2D eigenvalue weighted by Gasteiger charge is -1.98. The highest BCUT2D eigenvalue weighted by molar-refractivity contribution is 5.80. The standard InChI is InChI=1S/C12H13O2/c1-2-13-8-7-10-9-14-12-6-4-3-5-11(10)12/h2-6,9H,7-8H2,1H3. The van der Waals surface area contributed by atoms with Crippen molar-refractivity contribution in [3.05, 3.63) is 42.7 Å². The van der Waals surface area contributed by atoms with Gasteiger partial charge in [0.15, 0.2) is 0 Å². The predicted molar refractivity (Wildman–Crippen MR) is 55.8 cm³/mol. The summed E-state index contributed by atoms with van der Waals surface area (Å²) < 4.78 is 10.6. The van der Waals surface area contributed by atoms with Crippen molar-refractivity contribution in [1.82, 2.24) is 0 Å². The van der Waals surface area contributed by atoms with Gasteiger partial charge in [-0.25, -0.2) is 0 Å². The first-order valence-electron chi connectivity index (χ1n) is 4.76. The molecule has 14 heavy (non-hydrogen) atoms. The first-order chi connectivity index (χ1) is 6.92. The second kappa shape index (κ2) is 4.29. The lowest BCUT2D eigenvalue weighted by Crippen LogP contribution is -1.93. The summed E-state index contributed by atoms with van der Waals surface area (Å²) in [4.78, 5) is 0. The van der Waals surface area contributed by atoms with Crippen molar-refractivity contribution in [2.75, 3.05) is 6.61 Å². The fourth-order valence-electron chi connectivity index (χ4n) is 1.51. The van der Waals surface area contributed by atoms with Gasteiger partial charge in [-0.1, -0.05) is 18.2 Å². The second-order valence-corrected chi connectivity index (χ2v) is 3.11. The van der Waals surface area contributed by atoms with Gasteiger partial charge in [-0.3, -0.25) is 0 Å². The summed E-state index contributed by atoms with van der Waals surface area (Å²) in [6, 6.07) is 8.05. The van der Waals surface area contributed by atoms with Gasteiger partial charge in [-0.2, -0.15) is 0 Å². The van der Waals surface area contributed by atoms with E-state index in [0.717, 1.165) is 12.0 Å². The van der Waals surface area contributed by atoms with Crippen LogP contribution >= 0.6 is 0 Å². The third kappa shape index (κ3) is 1.80. The Hall–Kier alpha value is -1.28. The number of ether oxygens (including phenoxy) is 1. The summed E-state index contributed by atoms with van der Waals surface area (Å²) in [6.45, 7) is 4.30. The molecule has 0 fully saturated rings. The van der Waals surface area contributed by atoms with Gasteiger partial charge in [-0.15, -0.1) is 0 Å². The Morgan fingerprint density at radius 3 is 3.07 bits per heavy atom. The monoisotopic (exact) mass is 189 g/mol. The maximum atomic E-state index is 5.41. The van der Waals surface area contributed by atoms with Crippen LogP contribution in [0.2, 0.25) is 0 Å². The number of hydrogen-bond donors (Lipinski definition) is 0. The number of rotatable bonds is 4. The molecule has 2 aromatic rings. The van der Waals surface area contributed by atoms with Crippen molar-refractivity contribution in [3.63, 3.8) is 0 Å². The Morgan fingerprint density at radius 1 is 1.36 bits per heavy atom. The first kappa shape index (κ1) is 9.28. The predicted octanol–water partition coefficient (Wildman–Crippen LogP) is 3.17. The van der Waals surface area contributed by atoms with Crippen molar-refractivity contribution in [2.45, 2.75) is 13.3 Å². The molecule has 0 unspecified atom stereocenters. The molecule has 2 rings (SSSR count). The molecule has 73 valence electrons. The summed E-state index contributed by atoms with van der Waals surface area (Å²) >= 11 is 0. The normalized spacial score (nSPS) is 10.9. The van der Waals surface area contributed by atoms with Crippen molar-refractivity contribution < 1.29 is 9.15 Å². The molecule has 0 bridgehead atoms. The Bertz CT molecular complexity index is 403. The molecule has 1 aromatic heterocycles. The molecule has 0 aliphatic rings. The number of fused-ring (bicyclic) bond motifs is 1. The van der Waals surface area contributed by atoms with Gasteiger partial charge in [0.1, 0.15) is 5.58 Å². The minimum Gasteiger partial charge on any atom is -0.464 e. The molecule has 1 aromatic carbocycles. The third-order valence-electron chi connectivity index (χ3n) is 2.22. The van der Waals surface area contributed by atoms with Crippen molar-refractivity contribution in [1.29, 1.82) is 0 Å². The van der Waals surface area contributed by atoms with E-state index in [9.17, 15) is 0 Å². The summed E-state index contributed by atoms with van der Waals surface area (Å²) in [5.74, 6) is 0. The molecule has 0 aliphatic carbocycles. The molecule has 1 heterocycles. The highest BCUT2D eigenvalue weighted by Crippen LogP contribution is 2.20. The third-order valence-corrected chi connectivity index (χ3v) is 2.22. The van der Waals surface area contributed by atoms with E-state index in [1.165, 1.54) is 10.9 Å². The van der Waals surface area contributed by atoms with E-state index in [4.69, 9.17) is 9.15 Å². The van der Waals surface area contributed by atoms with Crippen LogP contribution in [0.15, 0.2) is 34.9 Å². The molecule has 0 amide bonds. The SMILES string of the molecule is C[CH]OCCc1coc2ccccc12. The first-order valence-corrected chi connectivity index (χ1v) is 4.76. The summed E-state index contributed by atoms with van der Waals surface area (Å²) in [6.07, 6.45) is 2.70. The van der Waals surface area contributed by atoms with Crippen molar-refractivity contribution in [3.8, 4) is 0 Å². The number of furan rings is 1. The van der Waals surface area contributed by atoms with E-state index in [2.05, 4.69) is 6.07 Å². The second-order valence-electron chi connectivity index (χ2n) is 3.11. The zero-order valence-electron chi connectivity index (χ0n) is 8.19. The lowest BCUT2D eigenvalue weighted by atomic mass is 10.1. The fourth-order valence-corrected chi connectivity index (χ4v) is 1.51. The van der Waals surface area contributed by atoms with Gasteiger partial charge < -0.3 is 9.15 Å². The van der Waals surface area contributed by atoms with Gasteiger partial charge in [0.25, 0.3) is 0 Å². The molecule has 0 atom stereocenters. The van der Waals surface area contributed by atoms with Crippen LogP contribution in [-0.2, 0) is 11.2 Å². The minimum atomic E-state index is 0.708. The van der Waals surface area contributed by atoms with Crippen LogP contribution in [0.1, 0.15) is 12.5 Å². The molecule has 1 radical (unpaired) electrons. The maximum absolute atomic E-state index is 5.41. The smallest absolute Gasteiger partial charge is 0.134 e. The van der Waals surface area contributed by atoms with Crippen LogP contribution in [0.4, 0.5) is 0 Å². The van der Waals surface area contributed by atoms with E-state index in [1.54, 1.807) is 6.61 Å². The fraction of sp³-hybridized carbons (Fsp3) is 0.250. The summed E-state index contributed by atoms with van der Waals surface area (Å²) in [5, 5.41) is 1.19. The van der Waals surface area contributed by atoms with Gasteiger partial charge in [-0.05, 0) is 19.4 Å². The van der Waals surface area contributed by atoms with E-state index < -0.39 is 0 Å². The van der Waals surface area contributed by atoms with Gasteiger partial charge >= 0.3 is 0 Å². The quantitative estimate of drug-likeness (QED) is 0.689. The van der Waals surface area contributed by atoms with Crippen LogP contribution < -0.4 is 0 Å². The van der Waals surface area contributed by atoms with E-state index in [1.807, 2.05) is 31.4 Å². The lowest BCUT2D eigenvalue weighted by molar-refractivity contribution is 0.208. The molecule has 0 saturated carbocycles. The van der Waals surface area contributed by atoms with Crippen molar-refractivity contribution in [2.24, 2.45) is 0 Å². The van der Waals surface area contributed by atoms with Crippen LogP contribution in [0.3, 0.4) is 0 Å². The van der Waals surface area contributed by atoms with E-state index in [0.29, 0.717) is 6.61 Å². The van der Waals surface area contributed by atoms with Crippen LogP contribution in [-0.4, -0.2) is 6.61 Å².